The average Bonchev–Trinajstić information content (AvgIpc) is 2.90. The van der Waals surface area contributed by atoms with E-state index >= 15 is 0 Å². The predicted octanol–water partition coefficient (Wildman–Crippen LogP) is 3.02. The van der Waals surface area contributed by atoms with Crippen LogP contribution in [-0.4, -0.2) is 30.6 Å². The third kappa shape index (κ3) is 4.14. The molecule has 0 spiro atoms. The summed E-state index contributed by atoms with van der Waals surface area (Å²) in [7, 11) is 0. The standard InChI is InChI=1S/C15H26N2O/c1-2-6-14-7-3-4-10-17(14)11-9-16-13-15-8-5-12-18-15/h5,8,12,14,16H,2-4,6-7,9-11,13H2,1H3. The van der Waals surface area contributed by atoms with Gasteiger partial charge in [0.15, 0.2) is 0 Å². The number of furan rings is 1. The van der Waals surface area contributed by atoms with Crippen molar-refractivity contribution in [3.8, 4) is 0 Å². The molecule has 102 valence electrons. The molecule has 1 aliphatic heterocycles. The zero-order chi connectivity index (χ0) is 12.6. The highest BCUT2D eigenvalue weighted by molar-refractivity contribution is 4.97. The molecule has 3 heteroatoms. The van der Waals surface area contributed by atoms with Crippen LogP contribution in [0.1, 0.15) is 44.8 Å². The molecule has 1 aliphatic rings. The van der Waals surface area contributed by atoms with Gasteiger partial charge in [0.2, 0.25) is 0 Å². The lowest BCUT2D eigenvalue weighted by atomic mass is 9.98. The van der Waals surface area contributed by atoms with Crippen molar-refractivity contribution in [2.24, 2.45) is 0 Å². The average molecular weight is 250 g/mol. The second-order valence-corrected chi connectivity index (χ2v) is 5.23. The summed E-state index contributed by atoms with van der Waals surface area (Å²) >= 11 is 0. The number of nitrogens with one attached hydrogen (secondary N) is 1. The SMILES string of the molecule is CCCC1CCCCN1CCNCc1ccco1. The maximum absolute atomic E-state index is 5.31. The molecule has 0 saturated carbocycles. The zero-order valence-electron chi connectivity index (χ0n) is 11.5. The van der Waals surface area contributed by atoms with Gasteiger partial charge >= 0.3 is 0 Å². The Labute approximate surface area is 111 Å². The molecular formula is C15H26N2O. The largest absolute Gasteiger partial charge is 0.468 e. The fraction of sp³-hybridized carbons (Fsp3) is 0.733. The lowest BCUT2D eigenvalue weighted by Gasteiger charge is -2.35. The zero-order valence-corrected chi connectivity index (χ0v) is 11.5. The normalized spacial score (nSPS) is 21.3. The fourth-order valence-corrected chi connectivity index (χ4v) is 2.86. The highest BCUT2D eigenvalue weighted by atomic mass is 16.3. The first-order valence-corrected chi connectivity index (χ1v) is 7.37. The third-order valence-corrected chi connectivity index (χ3v) is 3.83. The van der Waals surface area contributed by atoms with Crippen molar-refractivity contribution in [3.63, 3.8) is 0 Å². The van der Waals surface area contributed by atoms with Crippen LogP contribution in [0.4, 0.5) is 0 Å². The number of nitrogens with zero attached hydrogens (tertiary/aromatic N) is 1. The maximum atomic E-state index is 5.31. The fourth-order valence-electron chi connectivity index (χ4n) is 2.86. The van der Waals surface area contributed by atoms with Gasteiger partial charge in [-0.3, -0.25) is 4.90 Å². The van der Waals surface area contributed by atoms with Crippen molar-refractivity contribution in [2.75, 3.05) is 19.6 Å². The van der Waals surface area contributed by atoms with Crippen molar-refractivity contribution < 1.29 is 4.42 Å². The molecule has 18 heavy (non-hydrogen) atoms. The van der Waals surface area contributed by atoms with Gasteiger partial charge in [-0.2, -0.15) is 0 Å². The molecule has 1 aromatic heterocycles. The van der Waals surface area contributed by atoms with Crippen LogP contribution in [0, 0.1) is 0 Å². The summed E-state index contributed by atoms with van der Waals surface area (Å²) in [5, 5.41) is 3.46. The molecule has 1 unspecified atom stereocenters. The van der Waals surface area contributed by atoms with E-state index in [0.717, 1.165) is 24.9 Å². The monoisotopic (exact) mass is 250 g/mol. The van der Waals surface area contributed by atoms with Crippen LogP contribution in [-0.2, 0) is 6.54 Å². The van der Waals surface area contributed by atoms with Gasteiger partial charge in [0.25, 0.3) is 0 Å². The van der Waals surface area contributed by atoms with Gasteiger partial charge in [-0.15, -0.1) is 0 Å². The second-order valence-electron chi connectivity index (χ2n) is 5.23. The van der Waals surface area contributed by atoms with Gasteiger partial charge in [-0.1, -0.05) is 19.8 Å². The highest BCUT2D eigenvalue weighted by Crippen LogP contribution is 2.20. The molecule has 0 aliphatic carbocycles. The predicted molar refractivity (Wildman–Crippen MR) is 74.5 cm³/mol. The molecule has 1 atom stereocenters. The van der Waals surface area contributed by atoms with E-state index in [0.29, 0.717) is 0 Å². The molecule has 2 heterocycles. The first kappa shape index (κ1) is 13.6. The van der Waals surface area contributed by atoms with E-state index in [1.165, 1.54) is 45.2 Å². The van der Waals surface area contributed by atoms with Gasteiger partial charge in [-0.05, 0) is 37.9 Å². The molecule has 0 amide bonds. The smallest absolute Gasteiger partial charge is 0.117 e. The van der Waals surface area contributed by atoms with Gasteiger partial charge in [0.05, 0.1) is 12.8 Å². The Balaban J connectivity index is 1.64. The second kappa shape index (κ2) is 7.59. The Hall–Kier alpha value is -0.800. The highest BCUT2D eigenvalue weighted by Gasteiger charge is 2.20. The molecule has 0 aromatic carbocycles. The molecule has 1 saturated heterocycles. The molecule has 3 nitrogen and oxygen atoms in total. The summed E-state index contributed by atoms with van der Waals surface area (Å²) in [6, 6.07) is 4.79. The van der Waals surface area contributed by atoms with E-state index in [1.807, 2.05) is 12.1 Å². The van der Waals surface area contributed by atoms with Crippen LogP contribution in [0.2, 0.25) is 0 Å². The number of piperidine rings is 1. The van der Waals surface area contributed by atoms with E-state index in [-0.39, 0.29) is 0 Å². The molecular weight excluding hydrogens is 224 g/mol. The Morgan fingerprint density at radius 2 is 2.39 bits per heavy atom. The van der Waals surface area contributed by atoms with Crippen LogP contribution in [0.5, 0.6) is 0 Å². The first-order valence-electron chi connectivity index (χ1n) is 7.37. The molecule has 1 fully saturated rings. The lowest BCUT2D eigenvalue weighted by molar-refractivity contribution is 0.140. The molecule has 0 radical (unpaired) electrons. The van der Waals surface area contributed by atoms with Gasteiger partial charge in [0.1, 0.15) is 5.76 Å². The third-order valence-electron chi connectivity index (χ3n) is 3.83. The van der Waals surface area contributed by atoms with Crippen molar-refractivity contribution in [3.05, 3.63) is 24.2 Å². The van der Waals surface area contributed by atoms with E-state index in [9.17, 15) is 0 Å². The number of hydrogen-bond acceptors (Lipinski definition) is 3. The Bertz CT molecular complexity index is 308. The van der Waals surface area contributed by atoms with E-state index in [4.69, 9.17) is 4.42 Å². The Morgan fingerprint density at radius 3 is 3.17 bits per heavy atom. The molecule has 2 rings (SSSR count). The summed E-state index contributed by atoms with van der Waals surface area (Å²) < 4.78 is 5.31. The first-order chi connectivity index (χ1) is 8.90. The Kier molecular flexibility index (Phi) is 5.75. The number of likely N-dealkylation sites (tertiary alicyclic amines) is 1. The van der Waals surface area contributed by atoms with Crippen molar-refractivity contribution in [1.29, 1.82) is 0 Å². The van der Waals surface area contributed by atoms with Crippen LogP contribution in [0.15, 0.2) is 22.8 Å². The Morgan fingerprint density at radius 1 is 1.44 bits per heavy atom. The van der Waals surface area contributed by atoms with Crippen molar-refractivity contribution in [2.45, 2.75) is 51.6 Å². The molecule has 0 bridgehead atoms. The number of hydrogen-bond donors (Lipinski definition) is 1. The van der Waals surface area contributed by atoms with Crippen LogP contribution >= 0.6 is 0 Å². The number of rotatable bonds is 7. The van der Waals surface area contributed by atoms with Crippen molar-refractivity contribution >= 4 is 0 Å². The van der Waals surface area contributed by atoms with E-state index in [1.54, 1.807) is 6.26 Å². The minimum Gasteiger partial charge on any atom is -0.468 e. The summed E-state index contributed by atoms with van der Waals surface area (Å²) in [5.74, 6) is 1.03. The van der Waals surface area contributed by atoms with Crippen molar-refractivity contribution in [1.82, 2.24) is 10.2 Å². The summed E-state index contributed by atoms with van der Waals surface area (Å²) in [5.41, 5.74) is 0. The van der Waals surface area contributed by atoms with Crippen LogP contribution in [0.25, 0.3) is 0 Å². The topological polar surface area (TPSA) is 28.4 Å². The van der Waals surface area contributed by atoms with Gasteiger partial charge in [-0.25, -0.2) is 0 Å². The molecule has 1 aromatic rings. The summed E-state index contributed by atoms with van der Waals surface area (Å²) in [6.45, 7) is 6.65. The van der Waals surface area contributed by atoms with Gasteiger partial charge < -0.3 is 9.73 Å². The minimum atomic E-state index is 0.828. The maximum Gasteiger partial charge on any atom is 0.117 e. The van der Waals surface area contributed by atoms with E-state index in [2.05, 4.69) is 17.1 Å². The van der Waals surface area contributed by atoms with Crippen LogP contribution in [0.3, 0.4) is 0 Å². The summed E-state index contributed by atoms with van der Waals surface area (Å²) in [4.78, 5) is 2.67. The quantitative estimate of drug-likeness (QED) is 0.754. The molecule has 1 N–H and O–H groups in total. The minimum absolute atomic E-state index is 0.828. The van der Waals surface area contributed by atoms with Crippen LogP contribution < -0.4 is 5.32 Å². The van der Waals surface area contributed by atoms with Gasteiger partial charge in [0, 0.05) is 19.1 Å². The summed E-state index contributed by atoms with van der Waals surface area (Å²) in [6.07, 6.45) is 8.59. The van der Waals surface area contributed by atoms with E-state index < -0.39 is 0 Å². The lowest BCUT2D eigenvalue weighted by Crippen LogP contribution is -2.42.